The number of nitrogen functional groups attached to an aromatic ring is 1. The monoisotopic (exact) mass is 229 g/mol. The standard InChI is InChI=1S/C10H11N7/c1-5-3-8-14-16-10(17(8)6(2)13-5)7-4-12-15-9(7)11/h3-4H,1-2H3,(H3,11,12,15). The van der Waals surface area contributed by atoms with E-state index in [-0.39, 0.29) is 0 Å². The summed E-state index contributed by atoms with van der Waals surface area (Å²) in [5.41, 5.74) is 8.18. The molecule has 7 nitrogen and oxygen atoms in total. The van der Waals surface area contributed by atoms with E-state index in [1.165, 1.54) is 0 Å². The molecule has 7 heteroatoms. The van der Waals surface area contributed by atoms with Gasteiger partial charge in [0.25, 0.3) is 0 Å². The van der Waals surface area contributed by atoms with E-state index in [0.717, 1.165) is 22.7 Å². The van der Waals surface area contributed by atoms with Crippen LogP contribution in [0.3, 0.4) is 0 Å². The van der Waals surface area contributed by atoms with Gasteiger partial charge in [0.05, 0.1) is 11.8 Å². The Labute approximate surface area is 96.7 Å². The van der Waals surface area contributed by atoms with Crippen LogP contribution in [0.25, 0.3) is 17.0 Å². The highest BCUT2D eigenvalue weighted by Crippen LogP contribution is 2.23. The quantitative estimate of drug-likeness (QED) is 0.640. The maximum absolute atomic E-state index is 5.78. The molecule has 0 fully saturated rings. The number of hydrogen-bond acceptors (Lipinski definition) is 5. The Kier molecular flexibility index (Phi) is 1.88. The molecule has 0 amide bonds. The third-order valence-corrected chi connectivity index (χ3v) is 2.60. The zero-order valence-corrected chi connectivity index (χ0v) is 9.47. The van der Waals surface area contributed by atoms with Gasteiger partial charge in [0, 0.05) is 11.8 Å². The third kappa shape index (κ3) is 1.36. The summed E-state index contributed by atoms with van der Waals surface area (Å²) in [6.45, 7) is 3.83. The van der Waals surface area contributed by atoms with Crippen molar-refractivity contribution in [1.82, 2.24) is 29.8 Å². The molecule has 0 saturated carbocycles. The number of H-pyrrole nitrogens is 1. The Morgan fingerprint density at radius 1 is 1.29 bits per heavy atom. The summed E-state index contributed by atoms with van der Waals surface area (Å²) in [5.74, 6) is 1.94. The molecular formula is C10H11N7. The van der Waals surface area contributed by atoms with Gasteiger partial charge in [-0.25, -0.2) is 4.98 Å². The summed E-state index contributed by atoms with van der Waals surface area (Å²) in [4.78, 5) is 4.39. The highest BCUT2D eigenvalue weighted by atomic mass is 15.3. The molecule has 3 rings (SSSR count). The number of aromatic nitrogens is 6. The molecule has 0 aliphatic heterocycles. The molecule has 3 N–H and O–H groups in total. The van der Waals surface area contributed by atoms with Gasteiger partial charge in [-0.05, 0) is 13.8 Å². The van der Waals surface area contributed by atoms with Crippen LogP contribution in [-0.4, -0.2) is 29.8 Å². The maximum Gasteiger partial charge on any atom is 0.175 e. The number of nitrogens with one attached hydrogen (secondary N) is 1. The number of nitrogens with zero attached hydrogens (tertiary/aromatic N) is 5. The Morgan fingerprint density at radius 2 is 2.12 bits per heavy atom. The second-order valence-corrected chi connectivity index (χ2v) is 3.86. The van der Waals surface area contributed by atoms with Gasteiger partial charge in [-0.1, -0.05) is 0 Å². The average Bonchev–Trinajstić information content (AvgIpc) is 2.83. The van der Waals surface area contributed by atoms with Gasteiger partial charge in [-0.3, -0.25) is 9.50 Å². The number of rotatable bonds is 1. The van der Waals surface area contributed by atoms with Gasteiger partial charge < -0.3 is 5.73 Å². The molecule has 0 aromatic carbocycles. The minimum atomic E-state index is 0.472. The van der Waals surface area contributed by atoms with Crippen molar-refractivity contribution in [2.45, 2.75) is 13.8 Å². The van der Waals surface area contributed by atoms with Gasteiger partial charge >= 0.3 is 0 Å². The Morgan fingerprint density at radius 3 is 2.82 bits per heavy atom. The summed E-state index contributed by atoms with van der Waals surface area (Å²) in [6.07, 6.45) is 1.63. The highest BCUT2D eigenvalue weighted by Gasteiger charge is 2.14. The van der Waals surface area contributed by atoms with Crippen molar-refractivity contribution in [1.29, 1.82) is 0 Å². The minimum Gasteiger partial charge on any atom is -0.383 e. The zero-order chi connectivity index (χ0) is 12.0. The largest absolute Gasteiger partial charge is 0.383 e. The van der Waals surface area contributed by atoms with Crippen LogP contribution >= 0.6 is 0 Å². The first-order valence-corrected chi connectivity index (χ1v) is 5.15. The van der Waals surface area contributed by atoms with E-state index in [1.54, 1.807) is 6.20 Å². The van der Waals surface area contributed by atoms with Crippen LogP contribution in [0.4, 0.5) is 5.82 Å². The van der Waals surface area contributed by atoms with Crippen molar-refractivity contribution in [2.24, 2.45) is 0 Å². The molecule has 0 spiro atoms. The lowest BCUT2D eigenvalue weighted by molar-refractivity contribution is 0.962. The fourth-order valence-electron chi connectivity index (χ4n) is 1.88. The average molecular weight is 229 g/mol. The van der Waals surface area contributed by atoms with E-state index in [0.29, 0.717) is 11.6 Å². The topological polar surface area (TPSA) is 97.8 Å². The highest BCUT2D eigenvalue weighted by molar-refractivity contribution is 5.69. The normalized spacial score (nSPS) is 11.2. The molecular weight excluding hydrogens is 218 g/mol. The van der Waals surface area contributed by atoms with Crippen molar-refractivity contribution < 1.29 is 0 Å². The third-order valence-electron chi connectivity index (χ3n) is 2.60. The van der Waals surface area contributed by atoms with Crippen LogP contribution in [0, 0.1) is 13.8 Å². The summed E-state index contributed by atoms with van der Waals surface area (Å²) in [5, 5.41) is 14.8. The second kappa shape index (κ2) is 3.27. The number of anilines is 1. The van der Waals surface area contributed by atoms with Gasteiger partial charge in [-0.2, -0.15) is 5.10 Å². The molecule has 17 heavy (non-hydrogen) atoms. The predicted molar refractivity (Wildman–Crippen MR) is 62.3 cm³/mol. The fraction of sp³-hybridized carbons (Fsp3) is 0.200. The number of nitrogens with two attached hydrogens (primary N) is 1. The molecule has 0 radical (unpaired) electrons. The molecule has 0 aliphatic rings. The molecule has 0 unspecified atom stereocenters. The summed E-state index contributed by atoms with van der Waals surface area (Å²) < 4.78 is 1.86. The van der Waals surface area contributed by atoms with Crippen LogP contribution in [0.2, 0.25) is 0 Å². The Bertz CT molecular complexity index is 694. The van der Waals surface area contributed by atoms with Crippen LogP contribution in [0.1, 0.15) is 11.5 Å². The lowest BCUT2D eigenvalue weighted by Gasteiger charge is -2.03. The van der Waals surface area contributed by atoms with E-state index in [4.69, 9.17) is 5.73 Å². The molecule has 0 aliphatic carbocycles. The zero-order valence-electron chi connectivity index (χ0n) is 9.47. The number of fused-ring (bicyclic) bond motifs is 1. The van der Waals surface area contributed by atoms with Crippen LogP contribution in [-0.2, 0) is 0 Å². The molecule has 0 bridgehead atoms. The van der Waals surface area contributed by atoms with Crippen LogP contribution in [0.5, 0.6) is 0 Å². The van der Waals surface area contributed by atoms with E-state index in [2.05, 4.69) is 25.4 Å². The Balaban J connectivity index is 2.36. The first-order valence-electron chi connectivity index (χ1n) is 5.15. The maximum atomic E-state index is 5.78. The van der Waals surface area contributed by atoms with Crippen molar-refractivity contribution in [2.75, 3.05) is 5.73 Å². The fourth-order valence-corrected chi connectivity index (χ4v) is 1.88. The van der Waals surface area contributed by atoms with Crippen LogP contribution in [0.15, 0.2) is 12.3 Å². The lowest BCUT2D eigenvalue weighted by Crippen LogP contribution is -2.00. The summed E-state index contributed by atoms with van der Waals surface area (Å²) >= 11 is 0. The van der Waals surface area contributed by atoms with Crippen molar-refractivity contribution in [3.8, 4) is 11.4 Å². The Hall–Kier alpha value is -2.44. The van der Waals surface area contributed by atoms with Crippen molar-refractivity contribution in [3.63, 3.8) is 0 Å². The molecule has 0 atom stereocenters. The van der Waals surface area contributed by atoms with Gasteiger partial charge in [0.15, 0.2) is 11.5 Å². The number of aryl methyl sites for hydroxylation is 2. The predicted octanol–water partition coefficient (Wildman–Crippen LogP) is 0.713. The molecule has 3 aromatic heterocycles. The minimum absolute atomic E-state index is 0.472. The van der Waals surface area contributed by atoms with Crippen molar-refractivity contribution in [3.05, 3.63) is 23.8 Å². The van der Waals surface area contributed by atoms with Gasteiger partial charge in [0.2, 0.25) is 0 Å². The molecule has 86 valence electrons. The first kappa shape index (κ1) is 9.76. The number of aromatic amines is 1. The molecule has 0 saturated heterocycles. The SMILES string of the molecule is Cc1cc2nnc(-c3cn[nH]c3N)n2c(C)n1. The van der Waals surface area contributed by atoms with Gasteiger partial charge in [0.1, 0.15) is 11.6 Å². The van der Waals surface area contributed by atoms with Crippen LogP contribution < -0.4 is 5.73 Å². The van der Waals surface area contributed by atoms with E-state index in [9.17, 15) is 0 Å². The first-order chi connectivity index (χ1) is 8.16. The van der Waals surface area contributed by atoms with Gasteiger partial charge in [-0.15, -0.1) is 10.2 Å². The molecule has 3 heterocycles. The second-order valence-electron chi connectivity index (χ2n) is 3.86. The summed E-state index contributed by atoms with van der Waals surface area (Å²) in [7, 11) is 0. The van der Waals surface area contributed by atoms with E-state index < -0.39 is 0 Å². The number of hydrogen-bond donors (Lipinski definition) is 2. The molecule has 3 aromatic rings. The lowest BCUT2D eigenvalue weighted by atomic mass is 10.3. The van der Waals surface area contributed by atoms with E-state index in [1.807, 2.05) is 24.3 Å². The van der Waals surface area contributed by atoms with E-state index >= 15 is 0 Å². The van der Waals surface area contributed by atoms with Crippen molar-refractivity contribution >= 4 is 11.5 Å². The smallest absolute Gasteiger partial charge is 0.175 e. The summed E-state index contributed by atoms with van der Waals surface area (Å²) in [6, 6.07) is 1.87.